The molecule has 16 heavy (non-hydrogen) atoms. The van der Waals surface area contributed by atoms with Crippen molar-refractivity contribution < 1.29 is 9.13 Å². The Labute approximate surface area is 91.7 Å². The molecule has 78 valence electrons. The number of benzene rings is 1. The lowest BCUT2D eigenvalue weighted by atomic mass is 10.3. The average Bonchev–Trinajstić information content (AvgIpc) is 2.32. The second-order valence-electron chi connectivity index (χ2n) is 3.03. The zero-order valence-corrected chi connectivity index (χ0v) is 8.22. The quantitative estimate of drug-likeness (QED) is 0.772. The minimum absolute atomic E-state index is 0.0880. The maximum absolute atomic E-state index is 13.2. The fraction of sp³-hybridized carbons (Fsp3) is 0. The predicted molar refractivity (Wildman–Crippen MR) is 55.4 cm³/mol. The van der Waals surface area contributed by atoms with Gasteiger partial charge in [-0.05, 0) is 18.2 Å². The number of pyridine rings is 1. The Kier molecular flexibility index (Phi) is 2.79. The Bertz CT molecular complexity index is 549. The zero-order chi connectivity index (χ0) is 11.4. The molecule has 0 radical (unpaired) electrons. The largest absolute Gasteiger partial charge is 0.436 e. The van der Waals surface area contributed by atoms with Crippen LogP contribution in [0.4, 0.5) is 4.39 Å². The minimum atomic E-state index is -0.466. The normalized spacial score (nSPS) is 9.50. The molecule has 1 heterocycles. The van der Waals surface area contributed by atoms with Gasteiger partial charge in [0, 0.05) is 12.3 Å². The topological polar surface area (TPSA) is 45.9 Å². The summed E-state index contributed by atoms with van der Waals surface area (Å²) in [4.78, 5) is 3.88. The van der Waals surface area contributed by atoms with Crippen molar-refractivity contribution in [3.8, 4) is 17.7 Å². The number of halogens is 1. The van der Waals surface area contributed by atoms with Gasteiger partial charge in [-0.2, -0.15) is 5.26 Å². The highest BCUT2D eigenvalue weighted by Gasteiger charge is 2.04. The van der Waals surface area contributed by atoms with Crippen molar-refractivity contribution in [2.24, 2.45) is 0 Å². The second kappa shape index (κ2) is 4.41. The Hall–Kier alpha value is -2.41. The molecule has 0 atom stereocenters. The summed E-state index contributed by atoms with van der Waals surface area (Å²) in [5.74, 6) is -0.180. The highest BCUT2D eigenvalue weighted by atomic mass is 19.1. The summed E-state index contributed by atoms with van der Waals surface area (Å²) in [5, 5.41) is 8.68. The van der Waals surface area contributed by atoms with Gasteiger partial charge in [-0.1, -0.05) is 12.1 Å². The average molecular weight is 214 g/mol. The Balaban J connectivity index is 2.28. The summed E-state index contributed by atoms with van der Waals surface area (Å²) >= 11 is 0. The summed E-state index contributed by atoms with van der Waals surface area (Å²) in [6, 6.07) is 11.0. The number of nitrogens with zero attached hydrogens (tertiary/aromatic N) is 2. The first-order valence-electron chi connectivity index (χ1n) is 4.58. The van der Waals surface area contributed by atoms with E-state index in [1.807, 2.05) is 6.07 Å². The van der Waals surface area contributed by atoms with Crippen LogP contribution in [0.5, 0.6) is 11.6 Å². The maximum atomic E-state index is 13.2. The molecule has 1 aromatic carbocycles. The Morgan fingerprint density at radius 3 is 2.81 bits per heavy atom. The number of aromatic nitrogens is 1. The number of ether oxygens (including phenoxy) is 1. The van der Waals surface area contributed by atoms with Crippen molar-refractivity contribution in [1.29, 1.82) is 5.26 Å². The van der Waals surface area contributed by atoms with Gasteiger partial charge in [0.2, 0.25) is 5.88 Å². The molecular weight excluding hydrogens is 207 g/mol. The molecule has 0 aliphatic heterocycles. The molecule has 3 nitrogen and oxygen atoms in total. The molecule has 0 saturated carbocycles. The van der Waals surface area contributed by atoms with Gasteiger partial charge < -0.3 is 4.74 Å². The number of nitriles is 1. The van der Waals surface area contributed by atoms with Crippen LogP contribution in [0.2, 0.25) is 0 Å². The van der Waals surface area contributed by atoms with E-state index in [1.165, 1.54) is 24.4 Å². The van der Waals surface area contributed by atoms with Crippen molar-refractivity contribution in [3.63, 3.8) is 0 Å². The molecule has 0 saturated heterocycles. The van der Waals surface area contributed by atoms with Crippen LogP contribution in [0.1, 0.15) is 5.56 Å². The van der Waals surface area contributed by atoms with Gasteiger partial charge in [0.15, 0.2) is 11.6 Å². The van der Waals surface area contributed by atoms with E-state index >= 15 is 0 Å². The highest BCUT2D eigenvalue weighted by molar-refractivity contribution is 5.34. The lowest BCUT2D eigenvalue weighted by Gasteiger charge is -2.04. The van der Waals surface area contributed by atoms with Crippen molar-refractivity contribution in [3.05, 3.63) is 54.0 Å². The molecule has 1 aromatic heterocycles. The third-order valence-electron chi connectivity index (χ3n) is 1.92. The lowest BCUT2D eigenvalue weighted by Crippen LogP contribution is -1.90. The van der Waals surface area contributed by atoms with Gasteiger partial charge in [0.25, 0.3) is 0 Å². The van der Waals surface area contributed by atoms with Crippen LogP contribution in [-0.2, 0) is 0 Å². The van der Waals surface area contributed by atoms with Crippen LogP contribution in [-0.4, -0.2) is 4.98 Å². The summed E-state index contributed by atoms with van der Waals surface area (Å²) < 4.78 is 18.5. The molecule has 0 bridgehead atoms. The first-order valence-corrected chi connectivity index (χ1v) is 4.58. The summed E-state index contributed by atoms with van der Waals surface area (Å²) in [5.41, 5.74) is 0.418. The van der Waals surface area contributed by atoms with E-state index in [1.54, 1.807) is 18.2 Å². The standard InChI is InChI=1S/C12H7FN2O/c13-10-3-1-2-4-11(10)16-12-7-9(8-14)5-6-15-12/h1-7H. The van der Waals surface area contributed by atoms with Crippen LogP contribution in [0.3, 0.4) is 0 Å². The predicted octanol–water partition coefficient (Wildman–Crippen LogP) is 2.88. The van der Waals surface area contributed by atoms with Gasteiger partial charge in [-0.15, -0.1) is 0 Å². The van der Waals surface area contributed by atoms with Crippen molar-refractivity contribution in [2.45, 2.75) is 0 Å². The van der Waals surface area contributed by atoms with E-state index in [-0.39, 0.29) is 11.6 Å². The van der Waals surface area contributed by atoms with Crippen LogP contribution in [0.25, 0.3) is 0 Å². The van der Waals surface area contributed by atoms with E-state index in [4.69, 9.17) is 10.00 Å². The van der Waals surface area contributed by atoms with Crippen LogP contribution < -0.4 is 4.74 Å². The van der Waals surface area contributed by atoms with E-state index in [0.29, 0.717) is 5.56 Å². The monoisotopic (exact) mass is 214 g/mol. The maximum Gasteiger partial charge on any atom is 0.220 e. The zero-order valence-electron chi connectivity index (χ0n) is 8.22. The molecule has 0 aliphatic rings. The van der Waals surface area contributed by atoms with Crippen LogP contribution in [0, 0.1) is 17.1 Å². The molecule has 0 amide bonds. The Morgan fingerprint density at radius 1 is 1.25 bits per heavy atom. The van der Waals surface area contributed by atoms with E-state index in [2.05, 4.69) is 4.98 Å². The number of rotatable bonds is 2. The fourth-order valence-corrected chi connectivity index (χ4v) is 1.17. The van der Waals surface area contributed by atoms with Gasteiger partial charge in [-0.3, -0.25) is 0 Å². The van der Waals surface area contributed by atoms with E-state index in [0.717, 1.165) is 0 Å². The molecule has 4 heteroatoms. The SMILES string of the molecule is N#Cc1ccnc(Oc2ccccc2F)c1. The molecule has 0 fully saturated rings. The molecule has 0 aliphatic carbocycles. The van der Waals surface area contributed by atoms with Crippen molar-refractivity contribution in [1.82, 2.24) is 4.98 Å². The number of hydrogen-bond donors (Lipinski definition) is 0. The Morgan fingerprint density at radius 2 is 2.06 bits per heavy atom. The van der Waals surface area contributed by atoms with Crippen LogP contribution in [0.15, 0.2) is 42.6 Å². The van der Waals surface area contributed by atoms with E-state index < -0.39 is 5.82 Å². The molecule has 2 rings (SSSR count). The summed E-state index contributed by atoms with van der Waals surface area (Å²) in [6.45, 7) is 0. The van der Waals surface area contributed by atoms with Gasteiger partial charge >= 0.3 is 0 Å². The molecular formula is C12H7FN2O. The lowest BCUT2D eigenvalue weighted by molar-refractivity contribution is 0.427. The molecule has 0 unspecified atom stereocenters. The summed E-state index contributed by atoms with van der Waals surface area (Å²) in [6.07, 6.45) is 1.44. The summed E-state index contributed by atoms with van der Waals surface area (Å²) in [7, 11) is 0. The molecule has 0 N–H and O–H groups in total. The number of hydrogen-bond acceptors (Lipinski definition) is 3. The molecule has 0 spiro atoms. The second-order valence-corrected chi connectivity index (χ2v) is 3.03. The fourth-order valence-electron chi connectivity index (χ4n) is 1.17. The highest BCUT2D eigenvalue weighted by Crippen LogP contribution is 2.22. The van der Waals surface area contributed by atoms with Gasteiger partial charge in [0.1, 0.15) is 0 Å². The van der Waals surface area contributed by atoms with E-state index in [9.17, 15) is 4.39 Å². The molecule has 2 aromatic rings. The minimum Gasteiger partial charge on any atom is -0.436 e. The first-order chi connectivity index (χ1) is 7.79. The van der Waals surface area contributed by atoms with Crippen molar-refractivity contribution in [2.75, 3.05) is 0 Å². The smallest absolute Gasteiger partial charge is 0.220 e. The third kappa shape index (κ3) is 2.15. The van der Waals surface area contributed by atoms with Gasteiger partial charge in [-0.25, -0.2) is 9.37 Å². The van der Waals surface area contributed by atoms with Crippen molar-refractivity contribution >= 4 is 0 Å². The van der Waals surface area contributed by atoms with Gasteiger partial charge in [0.05, 0.1) is 11.6 Å². The number of para-hydroxylation sites is 1. The van der Waals surface area contributed by atoms with Crippen LogP contribution >= 0.6 is 0 Å². The third-order valence-corrected chi connectivity index (χ3v) is 1.92. The first kappa shape index (κ1) is 10.1.